The zero-order valence-corrected chi connectivity index (χ0v) is 22.2. The molecular formula is C31H22N4O4S. The van der Waals surface area contributed by atoms with Crippen LogP contribution in [-0.4, -0.2) is 29.6 Å². The van der Waals surface area contributed by atoms with Gasteiger partial charge in [0, 0.05) is 17.4 Å². The molecule has 8 nitrogen and oxygen atoms in total. The topological polar surface area (TPSA) is 88.2 Å². The molecule has 2 aliphatic rings. The van der Waals surface area contributed by atoms with Crippen LogP contribution in [0.1, 0.15) is 44.5 Å². The number of anilines is 2. The Morgan fingerprint density at radius 3 is 2.38 bits per heavy atom. The zero-order chi connectivity index (χ0) is 27.2. The minimum Gasteiger partial charge on any atom is -0.497 e. The van der Waals surface area contributed by atoms with Crippen LogP contribution in [0.15, 0.2) is 106 Å². The normalized spacial score (nSPS) is 16.4. The number of imide groups is 1. The Hall–Kier alpha value is -5.02. The Labute approximate surface area is 233 Å². The summed E-state index contributed by atoms with van der Waals surface area (Å²) < 4.78 is 11.1. The van der Waals surface area contributed by atoms with E-state index in [1.807, 2.05) is 65.0 Å². The highest BCUT2D eigenvalue weighted by molar-refractivity contribution is 7.14. The molecule has 2 amide bonds. The summed E-state index contributed by atoms with van der Waals surface area (Å²) in [4.78, 5) is 32.2. The second-order valence-electron chi connectivity index (χ2n) is 9.41. The quantitative estimate of drug-likeness (QED) is 0.224. The molecule has 0 unspecified atom stereocenters. The van der Waals surface area contributed by atoms with Gasteiger partial charge in [-0.25, -0.2) is 14.9 Å². The molecule has 7 rings (SSSR count). The molecule has 2 aliphatic heterocycles. The second kappa shape index (κ2) is 9.62. The number of hydrazone groups is 1. The van der Waals surface area contributed by atoms with Crippen LogP contribution in [0.25, 0.3) is 11.3 Å². The first kappa shape index (κ1) is 24.1. The van der Waals surface area contributed by atoms with E-state index in [1.54, 1.807) is 43.7 Å². The predicted molar refractivity (Wildman–Crippen MR) is 153 cm³/mol. The molecule has 0 saturated carbocycles. The number of nitrogens with zero attached hydrogens (tertiary/aromatic N) is 4. The molecule has 0 spiro atoms. The largest absolute Gasteiger partial charge is 0.497 e. The van der Waals surface area contributed by atoms with Crippen LogP contribution in [0.4, 0.5) is 10.8 Å². The number of fused-ring (bicyclic) bond motifs is 1. The van der Waals surface area contributed by atoms with E-state index in [0.717, 1.165) is 34.0 Å². The van der Waals surface area contributed by atoms with Gasteiger partial charge < -0.3 is 9.15 Å². The van der Waals surface area contributed by atoms with Crippen LogP contribution in [0.2, 0.25) is 0 Å². The van der Waals surface area contributed by atoms with Gasteiger partial charge in [-0.1, -0.05) is 24.3 Å². The summed E-state index contributed by atoms with van der Waals surface area (Å²) in [7, 11) is 1.65. The summed E-state index contributed by atoms with van der Waals surface area (Å²) in [6.45, 7) is 0. The number of furan rings is 1. The molecular weight excluding hydrogens is 524 g/mol. The Morgan fingerprint density at radius 1 is 0.900 bits per heavy atom. The van der Waals surface area contributed by atoms with E-state index in [9.17, 15) is 9.59 Å². The zero-order valence-electron chi connectivity index (χ0n) is 21.4. The fourth-order valence-corrected chi connectivity index (χ4v) is 5.91. The average Bonchev–Trinajstić information content (AvgIpc) is 3.80. The summed E-state index contributed by atoms with van der Waals surface area (Å²) in [6.07, 6.45) is 2.32. The van der Waals surface area contributed by atoms with Crippen molar-refractivity contribution in [1.82, 2.24) is 4.98 Å². The molecule has 0 aliphatic carbocycles. The molecule has 196 valence electrons. The summed E-state index contributed by atoms with van der Waals surface area (Å²) in [5.41, 5.74) is 4.79. The molecule has 9 heteroatoms. The van der Waals surface area contributed by atoms with E-state index in [-0.39, 0.29) is 17.9 Å². The summed E-state index contributed by atoms with van der Waals surface area (Å²) in [6, 6.07) is 25.7. The van der Waals surface area contributed by atoms with E-state index in [2.05, 4.69) is 0 Å². The van der Waals surface area contributed by atoms with Gasteiger partial charge in [0.05, 0.1) is 41.6 Å². The van der Waals surface area contributed by atoms with Crippen molar-refractivity contribution in [3.05, 3.63) is 119 Å². The van der Waals surface area contributed by atoms with Gasteiger partial charge in [-0.05, 0) is 66.2 Å². The Balaban J connectivity index is 1.21. The minimum absolute atomic E-state index is 0.143. The maximum atomic E-state index is 13.0. The van der Waals surface area contributed by atoms with Gasteiger partial charge in [0.25, 0.3) is 11.8 Å². The number of amides is 2. The fraction of sp³-hybridized carbons (Fsp3) is 0.0968. The first-order chi connectivity index (χ1) is 19.6. The number of ether oxygens (including phenoxy) is 1. The van der Waals surface area contributed by atoms with Crippen LogP contribution >= 0.6 is 11.3 Å². The van der Waals surface area contributed by atoms with Crippen molar-refractivity contribution in [1.29, 1.82) is 0 Å². The number of aromatic nitrogens is 1. The van der Waals surface area contributed by atoms with Crippen LogP contribution in [0, 0.1) is 0 Å². The lowest BCUT2D eigenvalue weighted by Crippen LogP contribution is -2.29. The highest BCUT2D eigenvalue weighted by atomic mass is 32.1. The van der Waals surface area contributed by atoms with E-state index in [4.69, 9.17) is 19.2 Å². The van der Waals surface area contributed by atoms with E-state index >= 15 is 0 Å². The number of hydrogen-bond donors (Lipinski definition) is 0. The molecule has 0 radical (unpaired) electrons. The van der Waals surface area contributed by atoms with Crippen molar-refractivity contribution >= 4 is 39.7 Å². The number of hydrogen-bond acceptors (Lipinski definition) is 8. The number of benzene rings is 3. The molecule has 5 aromatic rings. The monoisotopic (exact) mass is 546 g/mol. The van der Waals surface area contributed by atoms with Crippen molar-refractivity contribution < 1.29 is 18.7 Å². The summed E-state index contributed by atoms with van der Waals surface area (Å²) in [5.74, 6) is 0.942. The first-order valence-corrected chi connectivity index (χ1v) is 13.6. The molecule has 2 aromatic heterocycles. The third kappa shape index (κ3) is 3.99. The van der Waals surface area contributed by atoms with Gasteiger partial charge in [-0.2, -0.15) is 5.10 Å². The molecule has 40 heavy (non-hydrogen) atoms. The van der Waals surface area contributed by atoms with E-state index in [1.165, 1.54) is 16.2 Å². The molecule has 4 heterocycles. The van der Waals surface area contributed by atoms with Crippen LogP contribution in [-0.2, 0) is 0 Å². The van der Waals surface area contributed by atoms with Gasteiger partial charge >= 0.3 is 0 Å². The number of carbonyl (C=O) groups is 2. The van der Waals surface area contributed by atoms with Crippen molar-refractivity contribution in [2.24, 2.45) is 5.10 Å². The van der Waals surface area contributed by atoms with Crippen LogP contribution in [0.5, 0.6) is 5.75 Å². The van der Waals surface area contributed by atoms with Crippen LogP contribution in [0.3, 0.4) is 0 Å². The Bertz CT molecular complexity index is 1740. The Kier molecular flexibility index (Phi) is 5.78. The number of methoxy groups -OCH3 is 1. The number of rotatable bonds is 6. The molecule has 3 aromatic carbocycles. The first-order valence-electron chi connectivity index (χ1n) is 12.7. The standard InChI is InChI=1S/C31H22N4O4S/c1-38-22-13-11-19(12-14-22)25-17-27(28-10-5-15-39-28)35(33-25)31-32-26(18-40-31)20-6-4-7-21(16-20)34-29(36)23-8-2-3-9-24(23)30(34)37/h2-16,18,27H,17H2,1H3/t27-/m0/s1. The Morgan fingerprint density at radius 2 is 1.68 bits per heavy atom. The second-order valence-corrected chi connectivity index (χ2v) is 10.2. The third-order valence-corrected chi connectivity index (χ3v) is 7.92. The van der Waals surface area contributed by atoms with Crippen molar-refractivity contribution in [2.75, 3.05) is 17.0 Å². The van der Waals surface area contributed by atoms with Gasteiger partial charge in [0.1, 0.15) is 17.6 Å². The molecule has 1 atom stereocenters. The average molecular weight is 547 g/mol. The van der Waals surface area contributed by atoms with Gasteiger partial charge in [-0.15, -0.1) is 11.3 Å². The lowest BCUT2D eigenvalue weighted by Gasteiger charge is -2.18. The SMILES string of the molecule is COc1ccc(C2=NN(c3nc(-c4cccc(N5C(=O)c6ccccc6C5=O)c4)cs3)[C@H](c3ccco3)C2)cc1. The fourth-order valence-electron chi connectivity index (χ4n) is 5.08. The maximum Gasteiger partial charge on any atom is 0.266 e. The molecule has 0 bridgehead atoms. The highest BCUT2D eigenvalue weighted by Crippen LogP contribution is 2.40. The summed E-state index contributed by atoms with van der Waals surface area (Å²) in [5, 5.41) is 9.52. The molecule has 0 fully saturated rings. The number of carbonyl (C=O) groups excluding carboxylic acids is 2. The van der Waals surface area contributed by atoms with Crippen molar-refractivity contribution in [3.63, 3.8) is 0 Å². The van der Waals surface area contributed by atoms with Gasteiger partial charge in [0.15, 0.2) is 0 Å². The van der Waals surface area contributed by atoms with Crippen molar-refractivity contribution in [2.45, 2.75) is 12.5 Å². The lowest BCUT2D eigenvalue weighted by molar-refractivity contribution is 0.0926. The smallest absolute Gasteiger partial charge is 0.266 e. The highest BCUT2D eigenvalue weighted by Gasteiger charge is 2.37. The van der Waals surface area contributed by atoms with Crippen molar-refractivity contribution in [3.8, 4) is 17.0 Å². The summed E-state index contributed by atoms with van der Waals surface area (Å²) >= 11 is 1.47. The maximum absolute atomic E-state index is 13.0. The van der Waals surface area contributed by atoms with E-state index < -0.39 is 0 Å². The van der Waals surface area contributed by atoms with Crippen LogP contribution < -0.4 is 14.6 Å². The molecule has 0 saturated heterocycles. The minimum atomic E-state index is -0.324. The lowest BCUT2D eigenvalue weighted by atomic mass is 10.0. The molecule has 0 N–H and O–H groups in total. The van der Waals surface area contributed by atoms with E-state index in [0.29, 0.717) is 28.4 Å². The predicted octanol–water partition coefficient (Wildman–Crippen LogP) is 6.57. The number of thiazole rings is 1. The van der Waals surface area contributed by atoms with Gasteiger partial charge in [0.2, 0.25) is 5.13 Å². The third-order valence-electron chi connectivity index (χ3n) is 7.09. The van der Waals surface area contributed by atoms with Gasteiger partial charge in [-0.3, -0.25) is 9.59 Å².